The first-order chi connectivity index (χ1) is 9.95. The Kier molecular flexibility index (Phi) is 3.38. The van der Waals surface area contributed by atoms with E-state index in [0.29, 0.717) is 10.3 Å². The SMILES string of the molecule is O=C(O)C1CC(O)CN1C(=O)c1cc2cc(F)ccc2s1. The molecule has 21 heavy (non-hydrogen) atoms. The maximum Gasteiger partial charge on any atom is 0.326 e. The number of aliphatic hydroxyl groups excluding tert-OH is 1. The summed E-state index contributed by atoms with van der Waals surface area (Å²) in [6.07, 6.45) is -0.803. The number of aliphatic carboxylic acids is 1. The van der Waals surface area contributed by atoms with E-state index in [9.17, 15) is 19.1 Å². The van der Waals surface area contributed by atoms with Crippen LogP contribution in [0.5, 0.6) is 0 Å². The second-order valence-electron chi connectivity index (χ2n) is 4.99. The summed E-state index contributed by atoms with van der Waals surface area (Å²) in [7, 11) is 0. The van der Waals surface area contributed by atoms with Crippen molar-refractivity contribution < 1.29 is 24.2 Å². The first kappa shape index (κ1) is 14.0. The Hall–Kier alpha value is -1.99. The molecule has 0 aliphatic carbocycles. The molecule has 5 nitrogen and oxygen atoms in total. The number of likely N-dealkylation sites (tertiary alicyclic amines) is 1. The van der Waals surface area contributed by atoms with Crippen molar-refractivity contribution in [3.05, 3.63) is 35.0 Å². The number of amides is 1. The van der Waals surface area contributed by atoms with Gasteiger partial charge in [-0.15, -0.1) is 11.3 Å². The van der Waals surface area contributed by atoms with Crippen LogP contribution < -0.4 is 0 Å². The molecule has 3 rings (SSSR count). The summed E-state index contributed by atoms with van der Waals surface area (Å²) < 4.78 is 13.9. The van der Waals surface area contributed by atoms with E-state index in [1.807, 2.05) is 0 Å². The second-order valence-corrected chi connectivity index (χ2v) is 6.08. The third-order valence-electron chi connectivity index (χ3n) is 3.51. The van der Waals surface area contributed by atoms with Crippen molar-refractivity contribution in [1.82, 2.24) is 4.90 Å². The van der Waals surface area contributed by atoms with Gasteiger partial charge < -0.3 is 15.1 Å². The minimum absolute atomic E-state index is 0.00158. The summed E-state index contributed by atoms with van der Waals surface area (Å²) in [5.74, 6) is -1.97. The molecular weight excluding hydrogens is 297 g/mol. The molecule has 2 aromatic rings. The molecule has 1 aromatic carbocycles. The van der Waals surface area contributed by atoms with Gasteiger partial charge in [-0.05, 0) is 29.7 Å². The molecule has 2 atom stereocenters. The Bertz CT molecular complexity index is 729. The molecular formula is C14H12FNO4S. The molecule has 0 radical (unpaired) electrons. The third kappa shape index (κ3) is 2.50. The van der Waals surface area contributed by atoms with Gasteiger partial charge in [0.1, 0.15) is 11.9 Å². The third-order valence-corrected chi connectivity index (χ3v) is 4.62. The predicted octanol–water partition coefficient (Wildman–Crippen LogP) is 1.70. The van der Waals surface area contributed by atoms with E-state index >= 15 is 0 Å². The van der Waals surface area contributed by atoms with Crippen LogP contribution in [0, 0.1) is 5.82 Å². The molecule has 1 amide bonds. The number of carboxylic acid groups (broad SMARTS) is 1. The van der Waals surface area contributed by atoms with Gasteiger partial charge >= 0.3 is 5.97 Å². The van der Waals surface area contributed by atoms with Gasteiger partial charge in [0.15, 0.2) is 0 Å². The van der Waals surface area contributed by atoms with Crippen LogP contribution in [0.2, 0.25) is 0 Å². The monoisotopic (exact) mass is 309 g/mol. The van der Waals surface area contributed by atoms with Crippen molar-refractivity contribution in [3.8, 4) is 0 Å². The number of benzene rings is 1. The molecule has 1 aliphatic rings. The van der Waals surface area contributed by atoms with Gasteiger partial charge in [-0.25, -0.2) is 9.18 Å². The summed E-state index contributed by atoms with van der Waals surface area (Å²) in [6, 6.07) is 4.76. The van der Waals surface area contributed by atoms with Gasteiger partial charge in [-0.2, -0.15) is 0 Å². The van der Waals surface area contributed by atoms with Crippen LogP contribution in [-0.2, 0) is 4.79 Å². The fraction of sp³-hybridized carbons (Fsp3) is 0.286. The summed E-state index contributed by atoms with van der Waals surface area (Å²) >= 11 is 1.18. The molecule has 0 bridgehead atoms. The Balaban J connectivity index is 1.94. The smallest absolute Gasteiger partial charge is 0.326 e. The molecule has 1 saturated heterocycles. The van der Waals surface area contributed by atoms with Crippen molar-refractivity contribution in [2.24, 2.45) is 0 Å². The van der Waals surface area contributed by atoms with Gasteiger partial charge in [0, 0.05) is 17.7 Å². The minimum atomic E-state index is -1.13. The van der Waals surface area contributed by atoms with Gasteiger partial charge in [0.25, 0.3) is 5.91 Å². The average molecular weight is 309 g/mol. The van der Waals surface area contributed by atoms with Gasteiger partial charge in [-0.1, -0.05) is 0 Å². The standard InChI is InChI=1S/C14H12FNO4S/c15-8-1-2-11-7(3-8)4-12(21-11)13(18)16-6-9(17)5-10(16)14(19)20/h1-4,9-10,17H,5-6H2,(H,19,20). The lowest BCUT2D eigenvalue weighted by Crippen LogP contribution is -2.40. The highest BCUT2D eigenvalue weighted by molar-refractivity contribution is 7.20. The average Bonchev–Trinajstić information content (AvgIpc) is 3.00. The summed E-state index contributed by atoms with van der Waals surface area (Å²) in [5, 5.41) is 19.3. The predicted molar refractivity (Wildman–Crippen MR) is 74.9 cm³/mol. The summed E-state index contributed by atoms with van der Waals surface area (Å²) in [4.78, 5) is 25.1. The maximum absolute atomic E-state index is 13.2. The molecule has 110 valence electrons. The quantitative estimate of drug-likeness (QED) is 0.885. The van der Waals surface area contributed by atoms with Crippen molar-refractivity contribution in [2.75, 3.05) is 6.54 Å². The number of nitrogens with zero attached hydrogens (tertiary/aromatic N) is 1. The Morgan fingerprint density at radius 1 is 1.33 bits per heavy atom. The van der Waals surface area contributed by atoms with Crippen LogP contribution in [-0.4, -0.2) is 45.7 Å². The van der Waals surface area contributed by atoms with E-state index < -0.39 is 24.0 Å². The fourth-order valence-electron chi connectivity index (χ4n) is 2.53. The van der Waals surface area contributed by atoms with Crippen LogP contribution in [0.1, 0.15) is 16.1 Å². The van der Waals surface area contributed by atoms with Gasteiger partial charge in [0.2, 0.25) is 0 Å². The molecule has 0 saturated carbocycles. The zero-order valence-corrected chi connectivity index (χ0v) is 11.6. The molecule has 2 unspecified atom stereocenters. The number of carboxylic acids is 1. The molecule has 7 heteroatoms. The lowest BCUT2D eigenvalue weighted by atomic mass is 10.2. The summed E-state index contributed by atoms with van der Waals surface area (Å²) in [5.41, 5.74) is 0. The van der Waals surface area contributed by atoms with Gasteiger partial charge in [-0.3, -0.25) is 4.79 Å². The number of hydrogen-bond donors (Lipinski definition) is 2. The van der Waals surface area contributed by atoms with E-state index in [-0.39, 0.29) is 18.8 Å². The minimum Gasteiger partial charge on any atom is -0.480 e. The number of halogens is 1. The normalized spacial score (nSPS) is 21.9. The highest BCUT2D eigenvalue weighted by Gasteiger charge is 2.39. The number of fused-ring (bicyclic) bond motifs is 1. The number of β-amino-alcohol motifs (C(OH)–C–C–N with tert-alkyl or cyclic N) is 1. The van der Waals surface area contributed by atoms with Crippen LogP contribution in [0.4, 0.5) is 4.39 Å². The van der Waals surface area contributed by atoms with Crippen LogP contribution in [0.15, 0.2) is 24.3 Å². The van der Waals surface area contributed by atoms with Crippen LogP contribution >= 0.6 is 11.3 Å². The molecule has 1 aromatic heterocycles. The van der Waals surface area contributed by atoms with Crippen LogP contribution in [0.25, 0.3) is 10.1 Å². The second kappa shape index (κ2) is 5.09. The number of hydrogen-bond acceptors (Lipinski definition) is 4. The molecule has 1 fully saturated rings. The van der Waals surface area contributed by atoms with E-state index in [1.165, 1.54) is 23.5 Å². The van der Waals surface area contributed by atoms with E-state index in [4.69, 9.17) is 5.11 Å². The Labute approximate surface area is 123 Å². The topological polar surface area (TPSA) is 77.8 Å². The fourth-order valence-corrected chi connectivity index (χ4v) is 3.53. The van der Waals surface area contributed by atoms with E-state index in [2.05, 4.69) is 0 Å². The number of carbonyl (C=O) groups excluding carboxylic acids is 1. The van der Waals surface area contributed by atoms with Crippen molar-refractivity contribution in [1.29, 1.82) is 0 Å². The Morgan fingerprint density at radius 3 is 2.81 bits per heavy atom. The van der Waals surface area contributed by atoms with E-state index in [0.717, 1.165) is 9.60 Å². The lowest BCUT2D eigenvalue weighted by Gasteiger charge is -2.20. The zero-order valence-electron chi connectivity index (χ0n) is 10.8. The first-order valence-corrected chi connectivity index (χ1v) is 7.18. The number of carbonyl (C=O) groups is 2. The molecule has 2 heterocycles. The zero-order chi connectivity index (χ0) is 15.1. The molecule has 1 aliphatic heterocycles. The van der Waals surface area contributed by atoms with E-state index in [1.54, 1.807) is 12.1 Å². The largest absolute Gasteiger partial charge is 0.480 e. The van der Waals surface area contributed by atoms with Crippen molar-refractivity contribution in [3.63, 3.8) is 0 Å². The number of aliphatic hydroxyl groups is 1. The number of thiophene rings is 1. The maximum atomic E-state index is 13.2. The van der Waals surface area contributed by atoms with Crippen molar-refractivity contribution >= 4 is 33.3 Å². The van der Waals surface area contributed by atoms with Crippen LogP contribution in [0.3, 0.4) is 0 Å². The first-order valence-electron chi connectivity index (χ1n) is 6.36. The molecule has 2 N–H and O–H groups in total. The highest BCUT2D eigenvalue weighted by atomic mass is 32.1. The molecule has 0 spiro atoms. The Morgan fingerprint density at radius 2 is 2.10 bits per heavy atom. The highest BCUT2D eigenvalue weighted by Crippen LogP contribution is 2.29. The lowest BCUT2D eigenvalue weighted by molar-refractivity contribution is -0.141. The number of rotatable bonds is 2. The van der Waals surface area contributed by atoms with Crippen molar-refractivity contribution in [2.45, 2.75) is 18.6 Å². The van der Waals surface area contributed by atoms with Gasteiger partial charge in [0.05, 0.1) is 11.0 Å². The summed E-state index contributed by atoms with van der Waals surface area (Å²) in [6.45, 7) is -0.00158.